The van der Waals surface area contributed by atoms with Crippen molar-refractivity contribution in [1.29, 1.82) is 0 Å². The summed E-state index contributed by atoms with van der Waals surface area (Å²) in [5.74, 6) is 0.575. The fourth-order valence-corrected chi connectivity index (χ4v) is 3.05. The Labute approximate surface area is 159 Å². The lowest BCUT2D eigenvalue weighted by Gasteiger charge is -2.11. The molecule has 1 unspecified atom stereocenters. The van der Waals surface area contributed by atoms with Gasteiger partial charge in [0, 0.05) is 24.4 Å². The van der Waals surface area contributed by atoms with E-state index in [4.69, 9.17) is 9.26 Å². The van der Waals surface area contributed by atoms with E-state index in [0.717, 1.165) is 24.2 Å². The molecule has 0 fully saturated rings. The predicted octanol–water partition coefficient (Wildman–Crippen LogP) is 4.41. The molecule has 3 aromatic rings. The Bertz CT molecular complexity index is 912. The molecule has 142 valence electrons. The Morgan fingerprint density at radius 2 is 2.00 bits per heavy atom. The first-order valence-electron chi connectivity index (χ1n) is 9.23. The van der Waals surface area contributed by atoms with Crippen molar-refractivity contribution in [2.75, 3.05) is 0 Å². The molecule has 0 aliphatic carbocycles. The van der Waals surface area contributed by atoms with Gasteiger partial charge in [0.05, 0.1) is 5.56 Å². The van der Waals surface area contributed by atoms with Crippen LogP contribution >= 0.6 is 0 Å². The Morgan fingerprint density at radius 3 is 2.70 bits per heavy atom. The van der Waals surface area contributed by atoms with Crippen LogP contribution in [0.4, 0.5) is 0 Å². The molecular weight excluding hydrogens is 342 g/mol. The number of benzene rings is 1. The third kappa shape index (κ3) is 4.27. The van der Waals surface area contributed by atoms with E-state index in [-0.39, 0.29) is 5.97 Å². The molecule has 2 aromatic heterocycles. The summed E-state index contributed by atoms with van der Waals surface area (Å²) < 4.78 is 12.9. The zero-order valence-electron chi connectivity index (χ0n) is 16.2. The van der Waals surface area contributed by atoms with Crippen molar-refractivity contribution in [2.45, 2.75) is 53.2 Å². The molecule has 1 aromatic carbocycles. The smallest absolute Gasteiger partial charge is 0.340 e. The van der Waals surface area contributed by atoms with Crippen LogP contribution in [0.3, 0.4) is 0 Å². The number of esters is 1. The average molecular weight is 367 g/mol. The van der Waals surface area contributed by atoms with Gasteiger partial charge in [-0.1, -0.05) is 42.4 Å². The second-order valence-electron chi connectivity index (χ2n) is 6.70. The number of hydrogen-bond donors (Lipinski definition) is 0. The molecule has 0 aliphatic heterocycles. The van der Waals surface area contributed by atoms with Crippen LogP contribution in [-0.2, 0) is 17.7 Å². The molecule has 0 radical (unpaired) electrons. The Balaban J connectivity index is 1.73. The van der Waals surface area contributed by atoms with Gasteiger partial charge in [-0.15, -0.1) is 0 Å². The number of aromatic nitrogens is 3. The second-order valence-corrected chi connectivity index (χ2v) is 6.70. The van der Waals surface area contributed by atoms with E-state index in [1.165, 1.54) is 5.56 Å². The maximum atomic E-state index is 12.7. The minimum Gasteiger partial charge on any atom is -0.449 e. The van der Waals surface area contributed by atoms with Gasteiger partial charge < -0.3 is 13.8 Å². The van der Waals surface area contributed by atoms with E-state index in [2.05, 4.69) is 26.8 Å². The third-order valence-electron chi connectivity index (χ3n) is 4.57. The highest BCUT2D eigenvalue weighted by Gasteiger charge is 2.23. The van der Waals surface area contributed by atoms with Gasteiger partial charge in [-0.25, -0.2) is 4.79 Å². The number of carbonyl (C=O) groups is 1. The lowest BCUT2D eigenvalue weighted by atomic mass is 10.2. The summed E-state index contributed by atoms with van der Waals surface area (Å²) in [5, 5.41) is 3.91. The Kier molecular flexibility index (Phi) is 5.74. The predicted molar refractivity (Wildman–Crippen MR) is 102 cm³/mol. The maximum Gasteiger partial charge on any atom is 0.340 e. The molecule has 0 aliphatic rings. The van der Waals surface area contributed by atoms with Crippen LogP contribution < -0.4 is 0 Å². The molecule has 0 saturated heterocycles. The molecule has 0 spiro atoms. The number of ether oxygens (including phenoxy) is 1. The monoisotopic (exact) mass is 367 g/mol. The molecule has 27 heavy (non-hydrogen) atoms. The van der Waals surface area contributed by atoms with E-state index < -0.39 is 6.10 Å². The summed E-state index contributed by atoms with van der Waals surface area (Å²) in [4.78, 5) is 17.0. The zero-order valence-corrected chi connectivity index (χ0v) is 16.2. The van der Waals surface area contributed by atoms with Gasteiger partial charge in [0.25, 0.3) is 5.89 Å². The van der Waals surface area contributed by atoms with Gasteiger partial charge >= 0.3 is 5.97 Å². The van der Waals surface area contributed by atoms with Crippen molar-refractivity contribution in [3.05, 3.63) is 70.6 Å². The van der Waals surface area contributed by atoms with Crippen molar-refractivity contribution in [1.82, 2.24) is 14.7 Å². The van der Waals surface area contributed by atoms with E-state index in [9.17, 15) is 4.79 Å². The maximum absolute atomic E-state index is 12.7. The topological polar surface area (TPSA) is 70.2 Å². The summed E-state index contributed by atoms with van der Waals surface area (Å²) in [6.07, 6.45) is 1.08. The van der Waals surface area contributed by atoms with Crippen molar-refractivity contribution >= 4 is 5.97 Å². The molecule has 0 saturated carbocycles. The lowest BCUT2D eigenvalue weighted by Crippen LogP contribution is -2.11. The van der Waals surface area contributed by atoms with Crippen LogP contribution in [0.1, 0.15) is 65.4 Å². The van der Waals surface area contributed by atoms with Crippen LogP contribution in [-0.4, -0.2) is 20.7 Å². The molecule has 0 bridgehead atoms. The molecule has 2 heterocycles. The zero-order chi connectivity index (χ0) is 19.4. The highest BCUT2D eigenvalue weighted by molar-refractivity contribution is 5.91. The SMILES string of the molecule is CCCc1noc(C(C)OC(=O)c2cc(C)n(Cc3ccccc3)c2C)n1. The fourth-order valence-electron chi connectivity index (χ4n) is 3.05. The summed E-state index contributed by atoms with van der Waals surface area (Å²) in [6, 6.07) is 12.0. The summed E-state index contributed by atoms with van der Waals surface area (Å²) in [5.41, 5.74) is 3.63. The molecule has 3 rings (SSSR count). The minimum atomic E-state index is -0.590. The number of rotatable bonds is 7. The largest absolute Gasteiger partial charge is 0.449 e. The van der Waals surface area contributed by atoms with E-state index in [1.807, 2.05) is 45.0 Å². The van der Waals surface area contributed by atoms with Gasteiger partial charge in [-0.2, -0.15) is 4.98 Å². The van der Waals surface area contributed by atoms with Crippen molar-refractivity contribution in [3.63, 3.8) is 0 Å². The first-order valence-corrected chi connectivity index (χ1v) is 9.23. The fraction of sp³-hybridized carbons (Fsp3) is 0.381. The molecule has 6 heteroatoms. The normalized spacial score (nSPS) is 12.1. The average Bonchev–Trinajstić information content (AvgIpc) is 3.23. The van der Waals surface area contributed by atoms with Gasteiger partial charge in [-0.05, 0) is 38.8 Å². The Hall–Kier alpha value is -2.89. The number of nitrogens with zero attached hydrogens (tertiary/aromatic N) is 3. The van der Waals surface area contributed by atoms with E-state index >= 15 is 0 Å². The molecule has 1 atom stereocenters. The van der Waals surface area contributed by atoms with Gasteiger partial charge in [-0.3, -0.25) is 0 Å². The van der Waals surface area contributed by atoms with Crippen molar-refractivity contribution < 1.29 is 14.1 Å². The second kappa shape index (κ2) is 8.20. The molecule has 0 N–H and O–H groups in total. The van der Waals surface area contributed by atoms with Crippen LogP contribution in [0.2, 0.25) is 0 Å². The van der Waals surface area contributed by atoms with Gasteiger partial charge in [0.1, 0.15) is 0 Å². The Morgan fingerprint density at radius 1 is 1.26 bits per heavy atom. The van der Waals surface area contributed by atoms with Crippen LogP contribution in [0.15, 0.2) is 40.9 Å². The summed E-state index contributed by atoms with van der Waals surface area (Å²) in [6.45, 7) is 8.43. The standard InChI is InChI=1S/C21H25N3O3/c1-5-9-19-22-20(27-23-19)16(4)26-21(25)18-12-14(2)24(15(18)3)13-17-10-7-6-8-11-17/h6-8,10-12,16H,5,9,13H2,1-4H3. The van der Waals surface area contributed by atoms with Gasteiger partial charge in [0.15, 0.2) is 11.9 Å². The molecule has 0 amide bonds. The molecule has 6 nitrogen and oxygen atoms in total. The first-order chi connectivity index (χ1) is 13.0. The highest BCUT2D eigenvalue weighted by Crippen LogP contribution is 2.22. The lowest BCUT2D eigenvalue weighted by molar-refractivity contribution is 0.0264. The van der Waals surface area contributed by atoms with Crippen molar-refractivity contribution in [3.8, 4) is 0 Å². The molecular formula is C21H25N3O3. The highest BCUT2D eigenvalue weighted by atomic mass is 16.6. The van der Waals surface area contributed by atoms with Gasteiger partial charge in [0.2, 0.25) is 0 Å². The summed E-state index contributed by atoms with van der Waals surface area (Å²) in [7, 11) is 0. The van der Waals surface area contributed by atoms with Crippen molar-refractivity contribution in [2.24, 2.45) is 0 Å². The number of carbonyl (C=O) groups excluding carboxylic acids is 1. The van der Waals surface area contributed by atoms with Crippen LogP contribution in [0.5, 0.6) is 0 Å². The van der Waals surface area contributed by atoms with Crippen LogP contribution in [0.25, 0.3) is 0 Å². The third-order valence-corrected chi connectivity index (χ3v) is 4.57. The first kappa shape index (κ1) is 18.9. The number of aryl methyl sites for hydroxylation is 2. The summed E-state index contributed by atoms with van der Waals surface area (Å²) >= 11 is 0. The minimum absolute atomic E-state index is 0.324. The van der Waals surface area contributed by atoms with Crippen LogP contribution in [0, 0.1) is 13.8 Å². The van der Waals surface area contributed by atoms with E-state index in [0.29, 0.717) is 23.8 Å². The quantitative estimate of drug-likeness (QED) is 0.579. The number of hydrogen-bond acceptors (Lipinski definition) is 5. The van der Waals surface area contributed by atoms with E-state index in [1.54, 1.807) is 6.92 Å².